The van der Waals surface area contributed by atoms with Gasteiger partial charge >= 0.3 is 0 Å². The number of imidazole rings is 1. The number of hydrogen-bond acceptors (Lipinski definition) is 2. The molecular formula is C12H21N3O. The summed E-state index contributed by atoms with van der Waals surface area (Å²) in [5.74, 6) is 1.12. The fourth-order valence-electron chi connectivity index (χ4n) is 1.48. The van der Waals surface area contributed by atoms with Gasteiger partial charge in [-0.25, -0.2) is 4.98 Å². The van der Waals surface area contributed by atoms with Crippen LogP contribution in [0.4, 0.5) is 0 Å². The number of hydrogen-bond donors (Lipinski definition) is 0. The maximum Gasteiger partial charge on any atom is 0.242 e. The van der Waals surface area contributed by atoms with Crippen LogP contribution in [0.3, 0.4) is 0 Å². The molecule has 1 aromatic heterocycles. The van der Waals surface area contributed by atoms with Gasteiger partial charge in [0.15, 0.2) is 0 Å². The van der Waals surface area contributed by atoms with Crippen molar-refractivity contribution in [1.82, 2.24) is 14.5 Å². The Morgan fingerprint density at radius 3 is 2.81 bits per heavy atom. The minimum absolute atomic E-state index is 0.130. The van der Waals surface area contributed by atoms with Gasteiger partial charge in [0.05, 0.1) is 0 Å². The molecule has 0 radical (unpaired) electrons. The van der Waals surface area contributed by atoms with Crippen LogP contribution in [-0.4, -0.2) is 33.4 Å². The molecule has 0 N–H and O–H groups in total. The predicted octanol–water partition coefficient (Wildman–Crippen LogP) is 1.70. The molecule has 90 valence electrons. The first-order valence-corrected chi connectivity index (χ1v) is 5.82. The molecule has 4 heteroatoms. The summed E-state index contributed by atoms with van der Waals surface area (Å²) in [6.45, 7) is 6.53. The van der Waals surface area contributed by atoms with E-state index in [4.69, 9.17) is 0 Å². The third kappa shape index (κ3) is 3.08. The second-order valence-corrected chi connectivity index (χ2v) is 4.32. The van der Waals surface area contributed by atoms with Gasteiger partial charge < -0.3 is 9.47 Å². The molecule has 0 aliphatic heterocycles. The molecule has 1 aromatic rings. The highest BCUT2D eigenvalue weighted by Crippen LogP contribution is 2.03. The Hall–Kier alpha value is -1.32. The Kier molecular flexibility index (Phi) is 4.52. The van der Waals surface area contributed by atoms with Gasteiger partial charge in [-0.05, 0) is 20.3 Å². The highest BCUT2D eigenvalue weighted by molar-refractivity contribution is 5.76. The summed E-state index contributed by atoms with van der Waals surface area (Å²) in [5.41, 5.74) is 0. The van der Waals surface area contributed by atoms with E-state index in [2.05, 4.69) is 11.9 Å². The molecule has 16 heavy (non-hydrogen) atoms. The first kappa shape index (κ1) is 12.7. The monoisotopic (exact) mass is 223 g/mol. The lowest BCUT2D eigenvalue weighted by molar-refractivity contribution is -0.132. The number of nitrogens with zero attached hydrogens (tertiary/aromatic N) is 3. The second-order valence-electron chi connectivity index (χ2n) is 4.32. The summed E-state index contributed by atoms with van der Waals surface area (Å²) in [5, 5.41) is 0. The molecule has 4 nitrogen and oxygen atoms in total. The normalized spacial score (nSPS) is 10.8. The molecule has 0 atom stereocenters. The minimum Gasteiger partial charge on any atom is -0.342 e. The quantitative estimate of drug-likeness (QED) is 0.762. The van der Waals surface area contributed by atoms with Crippen LogP contribution in [0.1, 0.15) is 33.0 Å². The van der Waals surface area contributed by atoms with Gasteiger partial charge in [0.2, 0.25) is 5.91 Å². The van der Waals surface area contributed by atoms with Gasteiger partial charge in [0, 0.05) is 31.9 Å². The van der Waals surface area contributed by atoms with Gasteiger partial charge in [-0.15, -0.1) is 0 Å². The molecule has 0 fully saturated rings. The van der Waals surface area contributed by atoms with E-state index in [0.29, 0.717) is 6.54 Å². The molecular weight excluding hydrogens is 202 g/mol. The summed E-state index contributed by atoms with van der Waals surface area (Å²) in [6.07, 6.45) is 5.60. The number of aromatic nitrogens is 2. The molecule has 1 amide bonds. The molecule has 1 heterocycles. The lowest BCUT2D eigenvalue weighted by Gasteiger charge is -2.22. The van der Waals surface area contributed by atoms with Crippen molar-refractivity contribution in [2.75, 3.05) is 7.05 Å². The maximum absolute atomic E-state index is 11.9. The smallest absolute Gasteiger partial charge is 0.242 e. The van der Waals surface area contributed by atoms with Crippen molar-refractivity contribution >= 4 is 5.91 Å². The van der Waals surface area contributed by atoms with Crippen LogP contribution in [0, 0.1) is 0 Å². The molecule has 0 aromatic carbocycles. The highest BCUT2D eigenvalue weighted by Gasteiger charge is 2.13. The van der Waals surface area contributed by atoms with Crippen LogP contribution in [0.5, 0.6) is 0 Å². The van der Waals surface area contributed by atoms with E-state index in [1.165, 1.54) is 0 Å². The third-order valence-electron chi connectivity index (χ3n) is 2.75. The van der Waals surface area contributed by atoms with E-state index < -0.39 is 0 Å². The Morgan fingerprint density at radius 1 is 1.56 bits per heavy atom. The van der Waals surface area contributed by atoms with E-state index in [1.807, 2.05) is 31.7 Å². The Labute approximate surface area is 97.3 Å². The van der Waals surface area contributed by atoms with Gasteiger partial charge in [-0.2, -0.15) is 0 Å². The van der Waals surface area contributed by atoms with Crippen LogP contribution in [-0.2, 0) is 17.8 Å². The van der Waals surface area contributed by atoms with Crippen molar-refractivity contribution in [3.8, 4) is 0 Å². The standard InChI is InChI=1S/C12H21N3O/c1-5-6-11-13-7-8-15(11)9-12(16)14(4)10(2)3/h7-8,10H,5-6,9H2,1-4H3. The average molecular weight is 223 g/mol. The Balaban J connectivity index is 2.65. The van der Waals surface area contributed by atoms with Crippen LogP contribution in [0.15, 0.2) is 12.4 Å². The van der Waals surface area contributed by atoms with Crippen molar-refractivity contribution in [1.29, 1.82) is 0 Å². The average Bonchev–Trinajstić information content (AvgIpc) is 2.65. The number of likely N-dealkylation sites (N-methyl/N-ethyl adjacent to an activating group) is 1. The second kappa shape index (κ2) is 5.68. The summed E-state index contributed by atoms with van der Waals surface area (Å²) >= 11 is 0. The molecule has 0 aliphatic rings. The largest absolute Gasteiger partial charge is 0.342 e. The van der Waals surface area contributed by atoms with Crippen LogP contribution >= 0.6 is 0 Å². The van der Waals surface area contributed by atoms with Crippen LogP contribution < -0.4 is 0 Å². The Morgan fingerprint density at radius 2 is 2.25 bits per heavy atom. The van der Waals surface area contributed by atoms with Gasteiger partial charge in [0.25, 0.3) is 0 Å². The van der Waals surface area contributed by atoms with Gasteiger partial charge in [-0.1, -0.05) is 6.92 Å². The lowest BCUT2D eigenvalue weighted by atomic mass is 10.3. The first-order valence-electron chi connectivity index (χ1n) is 5.82. The molecule has 0 saturated carbocycles. The summed E-state index contributed by atoms with van der Waals surface area (Å²) in [6, 6.07) is 0.241. The zero-order chi connectivity index (χ0) is 12.1. The summed E-state index contributed by atoms with van der Waals surface area (Å²) in [7, 11) is 1.84. The first-order chi connectivity index (χ1) is 7.56. The topological polar surface area (TPSA) is 38.1 Å². The fraction of sp³-hybridized carbons (Fsp3) is 0.667. The number of rotatable bonds is 5. The van der Waals surface area contributed by atoms with Crippen LogP contribution in [0.2, 0.25) is 0 Å². The third-order valence-corrected chi connectivity index (χ3v) is 2.75. The Bertz CT molecular complexity index is 344. The maximum atomic E-state index is 11.9. The lowest BCUT2D eigenvalue weighted by Crippen LogP contribution is -2.35. The van der Waals surface area contributed by atoms with Crippen molar-refractivity contribution in [2.24, 2.45) is 0 Å². The van der Waals surface area contributed by atoms with Crippen molar-refractivity contribution in [3.05, 3.63) is 18.2 Å². The fourth-order valence-corrected chi connectivity index (χ4v) is 1.48. The molecule has 0 bridgehead atoms. The predicted molar refractivity (Wildman–Crippen MR) is 64.1 cm³/mol. The van der Waals surface area contributed by atoms with Crippen molar-refractivity contribution < 1.29 is 4.79 Å². The van der Waals surface area contributed by atoms with Crippen LogP contribution in [0.25, 0.3) is 0 Å². The van der Waals surface area contributed by atoms with E-state index in [0.717, 1.165) is 18.7 Å². The number of amides is 1. The summed E-state index contributed by atoms with van der Waals surface area (Å²) < 4.78 is 1.94. The minimum atomic E-state index is 0.130. The molecule has 0 saturated heterocycles. The van der Waals surface area contributed by atoms with Crippen molar-refractivity contribution in [2.45, 2.75) is 46.2 Å². The molecule has 0 spiro atoms. The van der Waals surface area contributed by atoms with E-state index in [-0.39, 0.29) is 11.9 Å². The van der Waals surface area contributed by atoms with E-state index in [9.17, 15) is 4.79 Å². The molecule has 0 aliphatic carbocycles. The number of carbonyl (C=O) groups excluding carboxylic acids is 1. The molecule has 1 rings (SSSR count). The van der Waals surface area contributed by atoms with Gasteiger partial charge in [0.1, 0.15) is 12.4 Å². The molecule has 0 unspecified atom stereocenters. The van der Waals surface area contributed by atoms with E-state index in [1.54, 1.807) is 11.1 Å². The summed E-state index contributed by atoms with van der Waals surface area (Å²) in [4.78, 5) is 17.9. The van der Waals surface area contributed by atoms with E-state index >= 15 is 0 Å². The highest BCUT2D eigenvalue weighted by atomic mass is 16.2. The zero-order valence-electron chi connectivity index (χ0n) is 10.6. The zero-order valence-corrected chi connectivity index (χ0v) is 10.6. The van der Waals surface area contributed by atoms with Gasteiger partial charge in [-0.3, -0.25) is 4.79 Å². The SMILES string of the molecule is CCCc1nccn1CC(=O)N(C)C(C)C. The number of carbonyl (C=O) groups is 1. The number of aryl methyl sites for hydroxylation is 1. The van der Waals surface area contributed by atoms with Crippen molar-refractivity contribution in [3.63, 3.8) is 0 Å².